The van der Waals surface area contributed by atoms with Crippen molar-refractivity contribution in [3.63, 3.8) is 0 Å². The van der Waals surface area contributed by atoms with E-state index in [2.05, 4.69) is 24.4 Å². The van der Waals surface area contributed by atoms with Crippen LogP contribution in [0.3, 0.4) is 0 Å². The fraction of sp³-hybridized carbons (Fsp3) is 0.200. The molecule has 2 aromatic carbocycles. The molecule has 0 atom stereocenters. The topological polar surface area (TPSA) is 42.0 Å². The molecule has 3 nitrogen and oxygen atoms in total. The first-order valence-corrected chi connectivity index (χ1v) is 7.94. The molecule has 3 rings (SSSR count). The second-order valence-corrected chi connectivity index (χ2v) is 5.69. The number of aromatic nitrogens is 1. The molecule has 1 heterocycles. The van der Waals surface area contributed by atoms with Crippen LogP contribution < -0.4 is 5.32 Å². The molecule has 116 valence electrons. The van der Waals surface area contributed by atoms with E-state index < -0.39 is 0 Å². The lowest BCUT2D eigenvalue weighted by Gasteiger charge is -2.10. The summed E-state index contributed by atoms with van der Waals surface area (Å²) in [5, 5.41) is 3.85. The van der Waals surface area contributed by atoms with Crippen molar-refractivity contribution < 1.29 is 4.79 Å². The Hall–Kier alpha value is -2.68. The second-order valence-electron chi connectivity index (χ2n) is 5.69. The van der Waals surface area contributed by atoms with Gasteiger partial charge in [-0.1, -0.05) is 55.0 Å². The van der Waals surface area contributed by atoms with Crippen LogP contribution in [0.15, 0.2) is 54.6 Å². The van der Waals surface area contributed by atoms with Crippen molar-refractivity contribution in [2.75, 3.05) is 6.54 Å². The minimum absolute atomic E-state index is 0.0428. The Balaban J connectivity index is 2.13. The van der Waals surface area contributed by atoms with Crippen LogP contribution in [0.1, 0.15) is 29.3 Å². The quantitative estimate of drug-likeness (QED) is 0.778. The largest absolute Gasteiger partial charge is 0.352 e. The lowest BCUT2D eigenvalue weighted by atomic mass is 10.0. The van der Waals surface area contributed by atoms with Gasteiger partial charge < -0.3 is 5.32 Å². The molecular formula is C20H20N2O. The van der Waals surface area contributed by atoms with E-state index in [0.29, 0.717) is 12.1 Å². The van der Waals surface area contributed by atoms with Gasteiger partial charge in [-0.25, -0.2) is 4.98 Å². The number of rotatable bonds is 4. The number of hydrogen-bond donors (Lipinski definition) is 1. The Morgan fingerprint density at radius 1 is 1.09 bits per heavy atom. The summed E-state index contributed by atoms with van der Waals surface area (Å²) in [4.78, 5) is 17.2. The summed E-state index contributed by atoms with van der Waals surface area (Å²) in [6, 6.07) is 17.9. The summed E-state index contributed by atoms with van der Waals surface area (Å²) in [6.45, 7) is 4.78. The summed E-state index contributed by atoms with van der Waals surface area (Å²) >= 11 is 0. The van der Waals surface area contributed by atoms with E-state index >= 15 is 0 Å². The van der Waals surface area contributed by atoms with Crippen molar-refractivity contribution in [1.29, 1.82) is 0 Å². The number of benzene rings is 2. The average molecular weight is 304 g/mol. The maximum Gasteiger partial charge on any atom is 0.252 e. The highest BCUT2D eigenvalue weighted by atomic mass is 16.1. The predicted octanol–water partition coefficient (Wildman–Crippen LogP) is 4.35. The third kappa shape index (κ3) is 3.24. The zero-order valence-corrected chi connectivity index (χ0v) is 13.5. The highest BCUT2D eigenvalue weighted by molar-refractivity contribution is 6.07. The second kappa shape index (κ2) is 6.61. The lowest BCUT2D eigenvalue weighted by molar-refractivity contribution is 0.0955. The fourth-order valence-corrected chi connectivity index (χ4v) is 2.57. The van der Waals surface area contributed by atoms with Gasteiger partial charge in [0, 0.05) is 17.5 Å². The van der Waals surface area contributed by atoms with Crippen molar-refractivity contribution in [2.45, 2.75) is 20.3 Å². The van der Waals surface area contributed by atoms with E-state index in [1.807, 2.05) is 49.4 Å². The van der Waals surface area contributed by atoms with E-state index in [-0.39, 0.29) is 5.91 Å². The molecule has 3 heteroatoms. The number of hydrogen-bond acceptors (Lipinski definition) is 2. The summed E-state index contributed by atoms with van der Waals surface area (Å²) in [6.07, 6.45) is 0.916. The van der Waals surface area contributed by atoms with Crippen LogP contribution in [0.25, 0.3) is 22.2 Å². The molecule has 0 saturated carbocycles. The van der Waals surface area contributed by atoms with Gasteiger partial charge in [0.15, 0.2) is 0 Å². The van der Waals surface area contributed by atoms with Gasteiger partial charge in [-0.15, -0.1) is 0 Å². The van der Waals surface area contributed by atoms with Crippen LogP contribution in [0.2, 0.25) is 0 Å². The van der Waals surface area contributed by atoms with Crippen LogP contribution in [0, 0.1) is 6.92 Å². The van der Waals surface area contributed by atoms with Crippen LogP contribution in [0.4, 0.5) is 0 Å². The average Bonchev–Trinajstić information content (AvgIpc) is 2.59. The first-order valence-electron chi connectivity index (χ1n) is 7.94. The van der Waals surface area contributed by atoms with Crippen LogP contribution >= 0.6 is 0 Å². The zero-order valence-electron chi connectivity index (χ0n) is 13.5. The van der Waals surface area contributed by atoms with Crippen LogP contribution in [0.5, 0.6) is 0 Å². The fourth-order valence-electron chi connectivity index (χ4n) is 2.57. The zero-order chi connectivity index (χ0) is 16.2. The van der Waals surface area contributed by atoms with Gasteiger partial charge in [0.25, 0.3) is 5.91 Å². The normalized spacial score (nSPS) is 10.7. The summed E-state index contributed by atoms with van der Waals surface area (Å²) in [5.74, 6) is -0.0428. The molecule has 3 aromatic rings. The minimum atomic E-state index is -0.0428. The van der Waals surface area contributed by atoms with Crippen molar-refractivity contribution in [2.24, 2.45) is 0 Å². The van der Waals surface area contributed by atoms with Crippen LogP contribution in [-0.4, -0.2) is 17.4 Å². The van der Waals surface area contributed by atoms with Crippen LogP contribution in [-0.2, 0) is 0 Å². The molecule has 0 fully saturated rings. The van der Waals surface area contributed by atoms with Gasteiger partial charge in [-0.3, -0.25) is 4.79 Å². The molecule has 0 aliphatic carbocycles. The number of para-hydroxylation sites is 1. The Morgan fingerprint density at radius 2 is 1.83 bits per heavy atom. The SMILES string of the molecule is CCCNC(=O)c1cc(-c2ccc(C)cc2)nc2ccccc12. The molecule has 0 aliphatic rings. The van der Waals surface area contributed by atoms with Gasteiger partial charge in [0.05, 0.1) is 16.8 Å². The van der Waals surface area contributed by atoms with E-state index in [0.717, 1.165) is 28.6 Å². The maximum atomic E-state index is 12.5. The smallest absolute Gasteiger partial charge is 0.252 e. The van der Waals surface area contributed by atoms with Crippen molar-refractivity contribution >= 4 is 16.8 Å². The van der Waals surface area contributed by atoms with Crippen molar-refractivity contribution in [3.8, 4) is 11.3 Å². The standard InChI is InChI=1S/C20H20N2O/c1-3-12-21-20(23)17-13-19(15-10-8-14(2)9-11-15)22-18-7-5-4-6-16(17)18/h4-11,13H,3,12H2,1-2H3,(H,21,23). The van der Waals surface area contributed by atoms with Gasteiger partial charge >= 0.3 is 0 Å². The molecule has 0 aliphatic heterocycles. The molecule has 1 aromatic heterocycles. The number of carbonyl (C=O) groups excluding carboxylic acids is 1. The Bertz CT molecular complexity index is 838. The molecule has 1 amide bonds. The van der Waals surface area contributed by atoms with Gasteiger partial charge in [0.1, 0.15) is 0 Å². The number of nitrogens with one attached hydrogen (secondary N) is 1. The Labute approximate surface area is 136 Å². The van der Waals surface area contributed by atoms with Gasteiger partial charge in [-0.05, 0) is 25.5 Å². The molecule has 0 bridgehead atoms. The number of amides is 1. The Kier molecular flexibility index (Phi) is 4.38. The number of aryl methyl sites for hydroxylation is 1. The molecule has 0 spiro atoms. The highest BCUT2D eigenvalue weighted by Gasteiger charge is 2.13. The molecule has 0 saturated heterocycles. The first kappa shape index (κ1) is 15.2. The number of nitrogens with zero attached hydrogens (tertiary/aromatic N) is 1. The number of fused-ring (bicyclic) bond motifs is 1. The van der Waals surface area contributed by atoms with Crippen molar-refractivity contribution in [1.82, 2.24) is 10.3 Å². The monoisotopic (exact) mass is 304 g/mol. The maximum absolute atomic E-state index is 12.5. The molecule has 0 radical (unpaired) electrons. The van der Waals surface area contributed by atoms with E-state index in [1.54, 1.807) is 0 Å². The lowest BCUT2D eigenvalue weighted by Crippen LogP contribution is -2.24. The number of carbonyl (C=O) groups is 1. The minimum Gasteiger partial charge on any atom is -0.352 e. The number of pyridine rings is 1. The van der Waals surface area contributed by atoms with Crippen molar-refractivity contribution in [3.05, 3.63) is 65.7 Å². The molecule has 1 N–H and O–H groups in total. The molecule has 0 unspecified atom stereocenters. The summed E-state index contributed by atoms with van der Waals surface area (Å²) in [7, 11) is 0. The first-order chi connectivity index (χ1) is 11.2. The van der Waals surface area contributed by atoms with Gasteiger partial charge in [-0.2, -0.15) is 0 Å². The van der Waals surface area contributed by atoms with E-state index in [9.17, 15) is 4.79 Å². The summed E-state index contributed by atoms with van der Waals surface area (Å²) < 4.78 is 0. The third-order valence-electron chi connectivity index (χ3n) is 3.84. The summed E-state index contributed by atoms with van der Waals surface area (Å²) in [5.41, 5.74) is 4.57. The Morgan fingerprint density at radius 3 is 2.57 bits per heavy atom. The predicted molar refractivity (Wildman–Crippen MR) is 94.5 cm³/mol. The van der Waals surface area contributed by atoms with Gasteiger partial charge in [0.2, 0.25) is 0 Å². The van der Waals surface area contributed by atoms with E-state index in [1.165, 1.54) is 5.56 Å². The molecular weight excluding hydrogens is 284 g/mol. The third-order valence-corrected chi connectivity index (χ3v) is 3.84. The highest BCUT2D eigenvalue weighted by Crippen LogP contribution is 2.25. The molecule has 23 heavy (non-hydrogen) atoms. The van der Waals surface area contributed by atoms with E-state index in [4.69, 9.17) is 4.98 Å².